The minimum absolute atomic E-state index is 0.0713. The van der Waals surface area contributed by atoms with Crippen molar-refractivity contribution < 1.29 is 14.0 Å². The Hall–Kier alpha value is -3.94. The summed E-state index contributed by atoms with van der Waals surface area (Å²) in [6, 6.07) is 12.1. The van der Waals surface area contributed by atoms with Crippen molar-refractivity contribution in [2.24, 2.45) is 0 Å². The highest BCUT2D eigenvalue weighted by atomic mass is 16.3. The summed E-state index contributed by atoms with van der Waals surface area (Å²) < 4.78 is 7.25. The molecule has 4 rings (SSSR count). The molecule has 0 unspecified atom stereocenters. The van der Waals surface area contributed by atoms with Gasteiger partial charge in [0.25, 0.3) is 11.8 Å². The summed E-state index contributed by atoms with van der Waals surface area (Å²) in [6.45, 7) is 4.00. The summed E-state index contributed by atoms with van der Waals surface area (Å²) >= 11 is 0. The smallest absolute Gasteiger partial charge is 0.256 e. The van der Waals surface area contributed by atoms with Crippen molar-refractivity contribution in [3.05, 3.63) is 66.1 Å². The van der Waals surface area contributed by atoms with Crippen LogP contribution in [0.2, 0.25) is 0 Å². The summed E-state index contributed by atoms with van der Waals surface area (Å²) in [6.07, 6.45) is 3.20. The molecule has 4 aromatic rings. The van der Waals surface area contributed by atoms with Crippen LogP contribution >= 0.6 is 0 Å². The van der Waals surface area contributed by atoms with Crippen LogP contribution in [0.5, 0.6) is 0 Å². The Morgan fingerprint density at radius 2 is 1.93 bits per heavy atom. The molecule has 0 fully saturated rings. The van der Waals surface area contributed by atoms with Crippen LogP contribution in [-0.4, -0.2) is 33.6 Å². The van der Waals surface area contributed by atoms with Crippen LogP contribution in [0.25, 0.3) is 22.5 Å². The Morgan fingerprint density at radius 1 is 1.10 bits per heavy atom. The van der Waals surface area contributed by atoms with Crippen molar-refractivity contribution in [3.63, 3.8) is 0 Å². The molecule has 8 nitrogen and oxygen atoms in total. The second-order valence-corrected chi connectivity index (χ2v) is 7.07. The Balaban J connectivity index is 1.78. The highest BCUT2D eigenvalue weighted by Gasteiger charge is 2.19. The lowest BCUT2D eigenvalue weighted by atomic mass is 10.1. The lowest BCUT2D eigenvalue weighted by Gasteiger charge is -2.11. The van der Waals surface area contributed by atoms with Crippen LogP contribution in [0.4, 0.5) is 5.69 Å². The first-order chi connectivity index (χ1) is 14.5. The van der Waals surface area contributed by atoms with Crippen molar-refractivity contribution in [1.82, 2.24) is 20.1 Å². The Kier molecular flexibility index (Phi) is 5.05. The first-order valence-electron chi connectivity index (χ1n) is 9.53. The maximum Gasteiger partial charge on any atom is 0.256 e. The molecular formula is C22H21N5O3. The van der Waals surface area contributed by atoms with Gasteiger partial charge in [0.15, 0.2) is 11.4 Å². The topological polar surface area (TPSA) is 102 Å². The van der Waals surface area contributed by atoms with E-state index in [1.54, 1.807) is 66.7 Å². The fraction of sp³-hybridized carbons (Fsp3) is 0.182. The van der Waals surface area contributed by atoms with Gasteiger partial charge in [-0.05, 0) is 50.2 Å². The van der Waals surface area contributed by atoms with Gasteiger partial charge in [0.2, 0.25) is 0 Å². The first-order valence-corrected chi connectivity index (χ1v) is 9.53. The van der Waals surface area contributed by atoms with E-state index >= 15 is 0 Å². The van der Waals surface area contributed by atoms with Gasteiger partial charge in [-0.1, -0.05) is 6.07 Å². The highest BCUT2D eigenvalue weighted by Crippen LogP contribution is 2.27. The molecule has 30 heavy (non-hydrogen) atoms. The molecule has 0 radical (unpaired) electrons. The summed E-state index contributed by atoms with van der Waals surface area (Å²) in [5, 5.41) is 10.5. The number of fused-ring (bicyclic) bond motifs is 1. The number of amides is 2. The normalized spacial score (nSPS) is 11.1. The summed E-state index contributed by atoms with van der Waals surface area (Å²) in [5.74, 6) is 0.00681. The first kappa shape index (κ1) is 19.4. The largest absolute Gasteiger partial charge is 0.463 e. The third kappa shape index (κ3) is 3.55. The molecule has 3 aromatic heterocycles. The molecule has 0 aliphatic carbocycles. The lowest BCUT2D eigenvalue weighted by Crippen LogP contribution is -2.18. The van der Waals surface area contributed by atoms with Crippen LogP contribution in [-0.2, 0) is 0 Å². The number of pyridine rings is 1. The molecular weight excluding hydrogens is 382 g/mol. The molecule has 0 spiro atoms. The minimum Gasteiger partial charge on any atom is -0.463 e. The van der Waals surface area contributed by atoms with Gasteiger partial charge in [0, 0.05) is 24.3 Å². The number of nitrogens with zero attached hydrogens (tertiary/aromatic N) is 3. The number of hydrogen-bond acceptors (Lipinski definition) is 5. The quantitative estimate of drug-likeness (QED) is 0.526. The number of anilines is 1. The van der Waals surface area contributed by atoms with Gasteiger partial charge >= 0.3 is 0 Å². The molecule has 152 valence electrons. The predicted octanol–water partition coefficient (Wildman–Crippen LogP) is 3.88. The second-order valence-electron chi connectivity index (χ2n) is 7.07. The van der Waals surface area contributed by atoms with Gasteiger partial charge in [-0.2, -0.15) is 5.10 Å². The van der Waals surface area contributed by atoms with Crippen LogP contribution in [0.15, 0.2) is 59.3 Å². The van der Waals surface area contributed by atoms with Gasteiger partial charge in [-0.15, -0.1) is 0 Å². The molecule has 1 aromatic carbocycles. The van der Waals surface area contributed by atoms with Gasteiger partial charge in [0.1, 0.15) is 5.69 Å². The average Bonchev–Trinajstić information content (AvgIpc) is 3.42. The van der Waals surface area contributed by atoms with E-state index in [2.05, 4.69) is 20.7 Å². The number of furan rings is 1. The molecule has 2 amide bonds. The Morgan fingerprint density at radius 3 is 2.63 bits per heavy atom. The highest BCUT2D eigenvalue weighted by molar-refractivity contribution is 6.12. The maximum atomic E-state index is 13.2. The zero-order valence-corrected chi connectivity index (χ0v) is 16.8. The summed E-state index contributed by atoms with van der Waals surface area (Å²) in [4.78, 5) is 29.7. The van der Waals surface area contributed by atoms with Crippen molar-refractivity contribution in [2.75, 3.05) is 12.4 Å². The molecule has 3 heterocycles. The molecule has 8 heteroatoms. The molecule has 2 N–H and O–H groups in total. The number of benzene rings is 1. The monoisotopic (exact) mass is 403 g/mol. The van der Waals surface area contributed by atoms with Crippen molar-refractivity contribution >= 4 is 28.5 Å². The zero-order valence-electron chi connectivity index (χ0n) is 16.8. The fourth-order valence-electron chi connectivity index (χ4n) is 3.22. The van der Waals surface area contributed by atoms with E-state index in [1.165, 1.54) is 0 Å². The second kappa shape index (κ2) is 7.82. The molecule has 0 saturated carbocycles. The van der Waals surface area contributed by atoms with E-state index < -0.39 is 0 Å². The molecule has 0 aliphatic rings. The van der Waals surface area contributed by atoms with E-state index in [0.717, 1.165) is 0 Å². The van der Waals surface area contributed by atoms with E-state index in [1.807, 2.05) is 13.8 Å². The molecule has 0 saturated heterocycles. The van der Waals surface area contributed by atoms with E-state index in [0.29, 0.717) is 39.3 Å². The Bertz CT molecular complexity index is 1230. The third-order valence-corrected chi connectivity index (χ3v) is 4.68. The summed E-state index contributed by atoms with van der Waals surface area (Å²) in [5.41, 5.74) is 2.53. The number of hydrogen-bond donors (Lipinski definition) is 2. The van der Waals surface area contributed by atoms with Crippen molar-refractivity contribution in [3.8, 4) is 11.5 Å². The fourth-order valence-corrected chi connectivity index (χ4v) is 3.22. The Labute approximate surface area is 172 Å². The number of carbonyl (C=O) groups excluding carboxylic acids is 2. The standard InChI is InChI=1S/C22H21N5O3/c1-13(2)27-20-17(12-24-27)16(11-18(26-20)19-8-5-9-30-19)22(29)25-15-7-4-6-14(10-15)21(28)23-3/h4-13H,1-3H3,(H,23,28)(H,25,29). The van der Waals surface area contributed by atoms with Crippen molar-refractivity contribution in [2.45, 2.75) is 19.9 Å². The predicted molar refractivity (Wildman–Crippen MR) is 113 cm³/mol. The van der Waals surface area contributed by atoms with Crippen LogP contribution < -0.4 is 10.6 Å². The van der Waals surface area contributed by atoms with Gasteiger partial charge in [-0.3, -0.25) is 9.59 Å². The third-order valence-electron chi connectivity index (χ3n) is 4.68. The molecule has 0 atom stereocenters. The zero-order chi connectivity index (χ0) is 21.3. The van der Waals surface area contributed by atoms with Crippen LogP contribution in [0, 0.1) is 0 Å². The number of carbonyl (C=O) groups is 2. The summed E-state index contributed by atoms with van der Waals surface area (Å²) in [7, 11) is 1.56. The molecule has 0 bridgehead atoms. The van der Waals surface area contributed by atoms with E-state index in [-0.39, 0.29) is 17.9 Å². The maximum absolute atomic E-state index is 13.2. The van der Waals surface area contributed by atoms with Gasteiger partial charge in [0.05, 0.1) is 23.4 Å². The van der Waals surface area contributed by atoms with E-state index in [4.69, 9.17) is 4.42 Å². The number of nitrogens with one attached hydrogen (secondary N) is 2. The number of aromatic nitrogens is 3. The van der Waals surface area contributed by atoms with Gasteiger partial charge < -0.3 is 15.1 Å². The SMILES string of the molecule is CNC(=O)c1cccc(NC(=O)c2cc(-c3ccco3)nc3c2cnn3C(C)C)c1. The minimum atomic E-state index is -0.326. The van der Waals surface area contributed by atoms with Gasteiger partial charge in [-0.25, -0.2) is 9.67 Å². The lowest BCUT2D eigenvalue weighted by molar-refractivity contribution is 0.0961. The van der Waals surface area contributed by atoms with Crippen LogP contribution in [0.3, 0.4) is 0 Å². The number of rotatable bonds is 5. The van der Waals surface area contributed by atoms with E-state index in [9.17, 15) is 9.59 Å². The molecule has 0 aliphatic heterocycles. The van der Waals surface area contributed by atoms with Crippen molar-refractivity contribution in [1.29, 1.82) is 0 Å². The van der Waals surface area contributed by atoms with Crippen LogP contribution in [0.1, 0.15) is 40.6 Å². The average molecular weight is 403 g/mol.